The van der Waals surface area contributed by atoms with Crippen molar-refractivity contribution in [2.24, 2.45) is 0 Å². The van der Waals surface area contributed by atoms with Crippen LogP contribution in [0.2, 0.25) is 0 Å². The first kappa shape index (κ1) is 21.0. The molecule has 156 valence electrons. The second-order valence-electron chi connectivity index (χ2n) is 7.77. The summed E-state index contributed by atoms with van der Waals surface area (Å²) in [7, 11) is 0. The van der Waals surface area contributed by atoms with Gasteiger partial charge in [-0.25, -0.2) is 4.98 Å². The van der Waals surface area contributed by atoms with Crippen LogP contribution in [0.4, 0.5) is 11.8 Å². The molecular formula is C22H32N6O. The quantitative estimate of drug-likeness (QED) is 0.450. The van der Waals surface area contributed by atoms with E-state index in [2.05, 4.69) is 70.6 Å². The second-order valence-corrected chi connectivity index (χ2v) is 7.77. The van der Waals surface area contributed by atoms with E-state index in [0.29, 0.717) is 5.95 Å². The molecule has 0 aliphatic carbocycles. The predicted octanol–water partition coefficient (Wildman–Crippen LogP) is 3.94. The molecule has 0 bridgehead atoms. The van der Waals surface area contributed by atoms with Crippen LogP contribution in [0.3, 0.4) is 0 Å². The Balaban J connectivity index is 1.77. The van der Waals surface area contributed by atoms with Gasteiger partial charge in [-0.05, 0) is 45.6 Å². The van der Waals surface area contributed by atoms with Gasteiger partial charge in [-0.15, -0.1) is 0 Å². The Kier molecular flexibility index (Phi) is 7.04. The van der Waals surface area contributed by atoms with Gasteiger partial charge in [0.1, 0.15) is 0 Å². The Morgan fingerprint density at radius 3 is 2.72 bits per heavy atom. The third-order valence-corrected chi connectivity index (χ3v) is 5.04. The van der Waals surface area contributed by atoms with Crippen molar-refractivity contribution in [2.45, 2.75) is 59.0 Å². The number of nitrogens with zero attached hydrogens (tertiary/aromatic N) is 4. The number of aliphatic hydroxyl groups excluding tert-OH is 1. The van der Waals surface area contributed by atoms with Gasteiger partial charge in [-0.1, -0.05) is 36.8 Å². The fourth-order valence-electron chi connectivity index (χ4n) is 3.31. The highest BCUT2D eigenvalue weighted by atomic mass is 16.3. The van der Waals surface area contributed by atoms with Crippen LogP contribution < -0.4 is 10.6 Å². The molecule has 7 heteroatoms. The fourth-order valence-corrected chi connectivity index (χ4v) is 3.31. The molecule has 0 saturated heterocycles. The Bertz CT molecular complexity index is 932. The van der Waals surface area contributed by atoms with Crippen LogP contribution in [0.5, 0.6) is 0 Å². The molecule has 2 aromatic heterocycles. The smallest absolute Gasteiger partial charge is 0.227 e. The van der Waals surface area contributed by atoms with Crippen LogP contribution in [0.15, 0.2) is 30.6 Å². The molecule has 3 aromatic rings. The lowest BCUT2D eigenvalue weighted by Crippen LogP contribution is -2.24. The summed E-state index contributed by atoms with van der Waals surface area (Å²) in [6, 6.07) is 8.80. The standard InChI is InChI=1S/C22H32N6O/c1-5-18(13-29)25-22-26-20(19-21(27-22)28(14-24-19)15(2)3)23-11-7-10-17-9-6-8-16(4)12-17/h6,8-9,12,14-15,18,29H,5,7,10-11,13H2,1-4H3,(H2,23,25,26,27)/t18-/m1/s1. The van der Waals surface area contributed by atoms with Crippen LogP contribution >= 0.6 is 0 Å². The van der Waals surface area contributed by atoms with Crippen molar-refractivity contribution in [1.29, 1.82) is 0 Å². The number of nitrogens with one attached hydrogen (secondary N) is 2. The molecular weight excluding hydrogens is 364 g/mol. The molecule has 0 aliphatic rings. The van der Waals surface area contributed by atoms with E-state index in [1.54, 1.807) is 0 Å². The first-order valence-electron chi connectivity index (χ1n) is 10.4. The van der Waals surface area contributed by atoms with Crippen LogP contribution in [-0.2, 0) is 6.42 Å². The van der Waals surface area contributed by atoms with Crippen molar-refractivity contribution in [3.63, 3.8) is 0 Å². The zero-order chi connectivity index (χ0) is 20.8. The molecule has 0 saturated carbocycles. The molecule has 0 spiro atoms. The van der Waals surface area contributed by atoms with Gasteiger partial charge in [-0.2, -0.15) is 9.97 Å². The number of anilines is 2. The molecule has 3 N–H and O–H groups in total. The van der Waals surface area contributed by atoms with E-state index in [1.807, 2.05) is 17.8 Å². The highest BCUT2D eigenvalue weighted by Gasteiger charge is 2.16. The Hall–Kier alpha value is -2.67. The van der Waals surface area contributed by atoms with E-state index in [9.17, 15) is 5.11 Å². The Morgan fingerprint density at radius 1 is 1.21 bits per heavy atom. The molecule has 2 heterocycles. The molecule has 0 amide bonds. The molecule has 0 aliphatic heterocycles. The average Bonchev–Trinajstić information content (AvgIpc) is 3.13. The lowest BCUT2D eigenvalue weighted by molar-refractivity contribution is 0.271. The summed E-state index contributed by atoms with van der Waals surface area (Å²) in [5, 5.41) is 16.2. The van der Waals surface area contributed by atoms with Gasteiger partial charge >= 0.3 is 0 Å². The number of aromatic nitrogens is 4. The third-order valence-electron chi connectivity index (χ3n) is 5.04. The predicted molar refractivity (Wildman–Crippen MR) is 118 cm³/mol. The van der Waals surface area contributed by atoms with E-state index in [4.69, 9.17) is 0 Å². The maximum Gasteiger partial charge on any atom is 0.227 e. The minimum Gasteiger partial charge on any atom is -0.394 e. The van der Waals surface area contributed by atoms with Crippen molar-refractivity contribution in [3.05, 3.63) is 41.7 Å². The topological polar surface area (TPSA) is 87.9 Å². The first-order valence-corrected chi connectivity index (χ1v) is 10.4. The SMILES string of the molecule is CC[C@H](CO)Nc1nc(NCCCc2cccc(C)c2)c2ncn(C(C)C)c2n1. The van der Waals surface area contributed by atoms with E-state index in [1.165, 1.54) is 11.1 Å². The summed E-state index contributed by atoms with van der Waals surface area (Å²) in [4.78, 5) is 13.9. The number of benzene rings is 1. The Labute approximate surface area is 172 Å². The van der Waals surface area contributed by atoms with E-state index in [-0.39, 0.29) is 18.7 Å². The molecule has 29 heavy (non-hydrogen) atoms. The van der Waals surface area contributed by atoms with Gasteiger partial charge in [0.15, 0.2) is 17.0 Å². The summed E-state index contributed by atoms with van der Waals surface area (Å²) in [6.07, 6.45) is 4.61. The van der Waals surface area contributed by atoms with Gasteiger partial charge in [0.05, 0.1) is 19.0 Å². The highest BCUT2D eigenvalue weighted by molar-refractivity contribution is 5.84. The average molecular weight is 397 g/mol. The monoisotopic (exact) mass is 396 g/mol. The van der Waals surface area contributed by atoms with E-state index in [0.717, 1.165) is 42.8 Å². The molecule has 1 aromatic carbocycles. The number of hydrogen-bond acceptors (Lipinski definition) is 6. The maximum absolute atomic E-state index is 9.52. The Morgan fingerprint density at radius 2 is 2.03 bits per heavy atom. The minimum absolute atomic E-state index is 0.0423. The van der Waals surface area contributed by atoms with E-state index >= 15 is 0 Å². The van der Waals surface area contributed by atoms with Crippen molar-refractivity contribution < 1.29 is 5.11 Å². The first-order chi connectivity index (χ1) is 14.0. The zero-order valence-corrected chi connectivity index (χ0v) is 17.8. The lowest BCUT2D eigenvalue weighted by atomic mass is 10.1. The summed E-state index contributed by atoms with van der Waals surface area (Å²) in [5.41, 5.74) is 4.21. The molecule has 3 rings (SSSR count). The number of fused-ring (bicyclic) bond motifs is 1. The van der Waals surface area contributed by atoms with Crippen molar-refractivity contribution in [2.75, 3.05) is 23.8 Å². The zero-order valence-electron chi connectivity index (χ0n) is 17.8. The number of aryl methyl sites for hydroxylation is 2. The molecule has 0 fully saturated rings. The van der Waals surface area contributed by atoms with Crippen LogP contribution in [-0.4, -0.2) is 43.8 Å². The lowest BCUT2D eigenvalue weighted by Gasteiger charge is -2.16. The van der Waals surface area contributed by atoms with Crippen molar-refractivity contribution >= 4 is 22.9 Å². The fraction of sp³-hybridized carbons (Fsp3) is 0.500. The number of aliphatic hydroxyl groups is 1. The van der Waals surface area contributed by atoms with Crippen molar-refractivity contribution in [1.82, 2.24) is 19.5 Å². The highest BCUT2D eigenvalue weighted by Crippen LogP contribution is 2.24. The normalized spacial score (nSPS) is 12.5. The number of rotatable bonds is 10. The molecule has 1 atom stereocenters. The minimum atomic E-state index is -0.0722. The van der Waals surface area contributed by atoms with Crippen LogP contribution in [0, 0.1) is 6.92 Å². The van der Waals surface area contributed by atoms with E-state index < -0.39 is 0 Å². The van der Waals surface area contributed by atoms with Crippen LogP contribution in [0.1, 0.15) is 50.8 Å². The maximum atomic E-state index is 9.52. The van der Waals surface area contributed by atoms with Gasteiger partial charge < -0.3 is 20.3 Å². The largest absolute Gasteiger partial charge is 0.394 e. The summed E-state index contributed by atoms with van der Waals surface area (Å²) >= 11 is 0. The van der Waals surface area contributed by atoms with Gasteiger partial charge in [0, 0.05) is 12.6 Å². The molecule has 7 nitrogen and oxygen atoms in total. The van der Waals surface area contributed by atoms with Gasteiger partial charge in [0.25, 0.3) is 0 Å². The molecule has 0 unspecified atom stereocenters. The molecule has 0 radical (unpaired) electrons. The number of imidazole rings is 1. The second kappa shape index (κ2) is 9.69. The van der Waals surface area contributed by atoms with Gasteiger partial charge in [-0.3, -0.25) is 0 Å². The summed E-state index contributed by atoms with van der Waals surface area (Å²) in [6.45, 7) is 9.19. The van der Waals surface area contributed by atoms with Crippen molar-refractivity contribution in [3.8, 4) is 0 Å². The van der Waals surface area contributed by atoms with Gasteiger partial charge in [0.2, 0.25) is 5.95 Å². The summed E-state index contributed by atoms with van der Waals surface area (Å²) in [5.74, 6) is 1.25. The number of hydrogen-bond donors (Lipinski definition) is 3. The summed E-state index contributed by atoms with van der Waals surface area (Å²) < 4.78 is 2.04. The van der Waals surface area contributed by atoms with Crippen LogP contribution in [0.25, 0.3) is 11.2 Å². The third kappa shape index (κ3) is 5.23.